The Hall–Kier alpha value is -3.77. The molecule has 0 aliphatic carbocycles. The van der Waals surface area contributed by atoms with Gasteiger partial charge in [-0.3, -0.25) is 14.2 Å². The van der Waals surface area contributed by atoms with Gasteiger partial charge in [-0.2, -0.15) is 0 Å². The molecule has 1 amide bonds. The van der Waals surface area contributed by atoms with Crippen LogP contribution in [-0.4, -0.2) is 28.5 Å². The Morgan fingerprint density at radius 3 is 2.34 bits per heavy atom. The highest BCUT2D eigenvalue weighted by Gasteiger charge is 2.15. The fraction of sp³-hybridized carbons (Fsp3) is 0.276. The smallest absolute Gasteiger partial charge is 0.261 e. The SMILES string of the molecule is NCCCCCNC(=O)Cn1c(CCc2ccccc2)nc2ccc(-c3ccccc3)cc2c1=O. The molecular weight excluding hydrogens is 436 g/mol. The van der Waals surface area contributed by atoms with E-state index in [4.69, 9.17) is 10.7 Å². The van der Waals surface area contributed by atoms with E-state index in [-0.39, 0.29) is 18.0 Å². The number of nitrogens with one attached hydrogen (secondary N) is 1. The third kappa shape index (κ3) is 6.43. The zero-order valence-electron chi connectivity index (χ0n) is 20.0. The second kappa shape index (κ2) is 12.1. The Morgan fingerprint density at radius 1 is 0.857 bits per heavy atom. The molecule has 35 heavy (non-hydrogen) atoms. The van der Waals surface area contributed by atoms with Crippen LogP contribution in [0, 0.1) is 0 Å². The zero-order chi connectivity index (χ0) is 24.5. The first-order valence-electron chi connectivity index (χ1n) is 12.3. The summed E-state index contributed by atoms with van der Waals surface area (Å²) in [5, 5.41) is 3.46. The molecule has 0 radical (unpaired) electrons. The van der Waals surface area contributed by atoms with Crippen molar-refractivity contribution in [3.05, 3.63) is 101 Å². The molecule has 0 saturated heterocycles. The summed E-state index contributed by atoms with van der Waals surface area (Å²) in [5.74, 6) is 0.443. The molecule has 3 N–H and O–H groups in total. The number of amides is 1. The van der Waals surface area contributed by atoms with Gasteiger partial charge in [-0.05, 0) is 54.6 Å². The number of carbonyl (C=O) groups excluding carboxylic acids is 1. The van der Waals surface area contributed by atoms with Crippen LogP contribution in [0.3, 0.4) is 0 Å². The molecule has 0 atom stereocenters. The summed E-state index contributed by atoms with van der Waals surface area (Å²) in [7, 11) is 0. The Balaban J connectivity index is 1.64. The third-order valence-electron chi connectivity index (χ3n) is 6.13. The first kappa shape index (κ1) is 24.4. The van der Waals surface area contributed by atoms with Crippen molar-refractivity contribution in [2.75, 3.05) is 13.1 Å². The van der Waals surface area contributed by atoms with Gasteiger partial charge in [0.25, 0.3) is 5.56 Å². The molecule has 0 bridgehead atoms. The minimum Gasteiger partial charge on any atom is -0.355 e. The summed E-state index contributed by atoms with van der Waals surface area (Å²) in [5.41, 5.74) is 9.14. The van der Waals surface area contributed by atoms with Crippen molar-refractivity contribution >= 4 is 16.8 Å². The van der Waals surface area contributed by atoms with E-state index in [0.717, 1.165) is 42.4 Å². The fourth-order valence-electron chi connectivity index (χ4n) is 4.21. The largest absolute Gasteiger partial charge is 0.355 e. The van der Waals surface area contributed by atoms with E-state index < -0.39 is 0 Å². The van der Waals surface area contributed by atoms with Crippen LogP contribution in [0.25, 0.3) is 22.0 Å². The number of carbonyl (C=O) groups is 1. The quantitative estimate of drug-likeness (QED) is 0.324. The molecule has 4 aromatic rings. The number of aryl methyl sites for hydroxylation is 2. The lowest BCUT2D eigenvalue weighted by atomic mass is 10.0. The van der Waals surface area contributed by atoms with Gasteiger partial charge < -0.3 is 11.1 Å². The molecule has 0 aliphatic rings. The second-order valence-corrected chi connectivity index (χ2v) is 8.70. The van der Waals surface area contributed by atoms with Crippen molar-refractivity contribution in [2.24, 2.45) is 5.73 Å². The summed E-state index contributed by atoms with van der Waals surface area (Å²) < 4.78 is 1.54. The first-order chi connectivity index (χ1) is 17.2. The molecule has 0 aliphatic heterocycles. The van der Waals surface area contributed by atoms with Crippen molar-refractivity contribution in [1.29, 1.82) is 0 Å². The molecular formula is C29H32N4O2. The van der Waals surface area contributed by atoms with Crippen LogP contribution in [0.2, 0.25) is 0 Å². The highest BCUT2D eigenvalue weighted by Crippen LogP contribution is 2.22. The lowest BCUT2D eigenvalue weighted by molar-refractivity contribution is -0.121. The van der Waals surface area contributed by atoms with E-state index in [9.17, 15) is 9.59 Å². The standard InChI is InChI=1S/C29H32N4O2/c30-18-8-3-9-19-31-28(34)21-33-27(17-14-22-10-4-1-5-11-22)32-26-16-15-24(20-25(26)29(33)35)23-12-6-2-7-13-23/h1-2,4-7,10-13,15-16,20H,3,8-9,14,17-19,21,30H2,(H,31,34). The van der Waals surface area contributed by atoms with Crippen molar-refractivity contribution < 1.29 is 4.79 Å². The predicted octanol–water partition coefficient (Wildman–Crippen LogP) is 4.09. The molecule has 0 unspecified atom stereocenters. The molecule has 1 aromatic heterocycles. The number of unbranched alkanes of at least 4 members (excludes halogenated alkanes) is 2. The van der Waals surface area contributed by atoms with Crippen LogP contribution >= 0.6 is 0 Å². The lowest BCUT2D eigenvalue weighted by Gasteiger charge is -2.14. The summed E-state index contributed by atoms with van der Waals surface area (Å²) in [6, 6.07) is 25.8. The van der Waals surface area contributed by atoms with E-state index in [0.29, 0.717) is 36.2 Å². The average Bonchev–Trinajstić information content (AvgIpc) is 2.90. The number of nitrogens with zero attached hydrogens (tertiary/aromatic N) is 2. The molecule has 1 heterocycles. The van der Waals surface area contributed by atoms with Gasteiger partial charge in [0.05, 0.1) is 10.9 Å². The number of aromatic nitrogens is 2. The number of nitrogens with two attached hydrogens (primary N) is 1. The van der Waals surface area contributed by atoms with Crippen LogP contribution in [0.15, 0.2) is 83.7 Å². The summed E-state index contributed by atoms with van der Waals surface area (Å²) in [6.07, 6.45) is 4.09. The highest BCUT2D eigenvalue weighted by atomic mass is 16.2. The van der Waals surface area contributed by atoms with Crippen LogP contribution in [-0.2, 0) is 24.2 Å². The van der Waals surface area contributed by atoms with E-state index in [1.807, 2.05) is 66.7 Å². The van der Waals surface area contributed by atoms with Gasteiger partial charge in [-0.15, -0.1) is 0 Å². The van der Waals surface area contributed by atoms with Gasteiger partial charge in [0.1, 0.15) is 12.4 Å². The minimum absolute atomic E-state index is 0.0433. The monoisotopic (exact) mass is 468 g/mol. The maximum atomic E-state index is 13.6. The van der Waals surface area contributed by atoms with Crippen LogP contribution < -0.4 is 16.6 Å². The van der Waals surface area contributed by atoms with Gasteiger partial charge >= 0.3 is 0 Å². The van der Waals surface area contributed by atoms with Crippen LogP contribution in [0.4, 0.5) is 0 Å². The molecule has 180 valence electrons. The summed E-state index contributed by atoms with van der Waals surface area (Å²) >= 11 is 0. The number of fused-ring (bicyclic) bond motifs is 1. The Morgan fingerprint density at radius 2 is 1.60 bits per heavy atom. The van der Waals surface area contributed by atoms with Gasteiger partial charge in [0, 0.05) is 13.0 Å². The maximum absolute atomic E-state index is 13.6. The van der Waals surface area contributed by atoms with E-state index in [1.165, 1.54) is 4.57 Å². The molecule has 0 spiro atoms. The Labute approximate surface area is 205 Å². The Bertz CT molecular complexity index is 1320. The van der Waals surface area contributed by atoms with E-state index in [2.05, 4.69) is 17.4 Å². The van der Waals surface area contributed by atoms with Crippen molar-refractivity contribution in [1.82, 2.24) is 14.9 Å². The number of benzene rings is 3. The Kier molecular flexibility index (Phi) is 8.41. The van der Waals surface area contributed by atoms with Gasteiger partial charge in [0.15, 0.2) is 0 Å². The second-order valence-electron chi connectivity index (χ2n) is 8.70. The maximum Gasteiger partial charge on any atom is 0.261 e. The minimum atomic E-state index is -0.186. The number of rotatable bonds is 11. The van der Waals surface area contributed by atoms with E-state index in [1.54, 1.807) is 0 Å². The first-order valence-corrected chi connectivity index (χ1v) is 12.3. The fourth-order valence-corrected chi connectivity index (χ4v) is 4.21. The van der Waals surface area contributed by atoms with Gasteiger partial charge in [-0.1, -0.05) is 73.2 Å². The van der Waals surface area contributed by atoms with Crippen LogP contribution in [0.5, 0.6) is 0 Å². The van der Waals surface area contributed by atoms with Gasteiger partial charge in [0.2, 0.25) is 5.91 Å². The topological polar surface area (TPSA) is 90.0 Å². The molecule has 0 fully saturated rings. The lowest BCUT2D eigenvalue weighted by Crippen LogP contribution is -2.35. The van der Waals surface area contributed by atoms with Crippen LogP contribution in [0.1, 0.15) is 30.7 Å². The van der Waals surface area contributed by atoms with E-state index >= 15 is 0 Å². The average molecular weight is 469 g/mol. The zero-order valence-corrected chi connectivity index (χ0v) is 20.0. The molecule has 0 saturated carbocycles. The van der Waals surface area contributed by atoms with Crippen molar-refractivity contribution in [3.63, 3.8) is 0 Å². The normalized spacial score (nSPS) is 11.0. The summed E-state index contributed by atoms with van der Waals surface area (Å²) in [4.78, 5) is 31.2. The van der Waals surface area contributed by atoms with Crippen molar-refractivity contribution in [2.45, 2.75) is 38.6 Å². The highest BCUT2D eigenvalue weighted by molar-refractivity contribution is 5.84. The number of hydrogen-bond acceptors (Lipinski definition) is 4. The molecule has 6 nitrogen and oxygen atoms in total. The molecule has 4 rings (SSSR count). The summed E-state index contributed by atoms with van der Waals surface area (Å²) in [6.45, 7) is 1.19. The van der Waals surface area contributed by atoms with Crippen molar-refractivity contribution in [3.8, 4) is 11.1 Å². The third-order valence-corrected chi connectivity index (χ3v) is 6.13. The predicted molar refractivity (Wildman–Crippen MR) is 141 cm³/mol. The molecule has 3 aromatic carbocycles. The number of hydrogen-bond donors (Lipinski definition) is 2. The molecule has 6 heteroatoms. The van der Waals surface area contributed by atoms with Gasteiger partial charge in [-0.25, -0.2) is 4.98 Å².